The zero-order valence-electron chi connectivity index (χ0n) is 10.4. The molecule has 1 fully saturated rings. The molecule has 0 aromatic heterocycles. The molecule has 0 radical (unpaired) electrons. The summed E-state index contributed by atoms with van der Waals surface area (Å²) in [5.74, 6) is 1.08. The van der Waals surface area contributed by atoms with E-state index in [9.17, 15) is 4.79 Å². The van der Waals surface area contributed by atoms with Crippen LogP contribution in [0, 0.1) is 0 Å². The van der Waals surface area contributed by atoms with Crippen LogP contribution in [-0.4, -0.2) is 23.7 Å². The summed E-state index contributed by atoms with van der Waals surface area (Å²) in [4.78, 5) is 15.8. The maximum Gasteiger partial charge on any atom is 0.247 e. The predicted molar refractivity (Wildman–Crippen MR) is 74.9 cm³/mol. The van der Waals surface area contributed by atoms with Crippen LogP contribution in [-0.2, 0) is 4.79 Å². The number of hydrogen-bond donors (Lipinski definition) is 1. The van der Waals surface area contributed by atoms with Gasteiger partial charge in [0.05, 0.1) is 11.2 Å². The van der Waals surface area contributed by atoms with E-state index in [1.807, 2.05) is 34.9 Å². The Kier molecular flexibility index (Phi) is 3.08. The molecule has 0 bridgehead atoms. The van der Waals surface area contributed by atoms with Crippen LogP contribution in [0.2, 0.25) is 0 Å². The molecule has 0 atom stereocenters. The molecule has 1 heterocycles. The minimum Gasteiger partial charge on any atom is -0.317 e. The van der Waals surface area contributed by atoms with Crippen molar-refractivity contribution in [2.24, 2.45) is 5.73 Å². The molecule has 1 aliphatic carbocycles. The Morgan fingerprint density at radius 1 is 1.28 bits per heavy atom. The van der Waals surface area contributed by atoms with Crippen LogP contribution in [0.4, 0.5) is 5.69 Å². The first kappa shape index (κ1) is 12.1. The summed E-state index contributed by atoms with van der Waals surface area (Å²) in [6.45, 7) is 0.777. The standard InChI is InChI=1S/C14H18N2OS/c15-14(7-3-4-8-14)13(17)16-9-10-18-12-6-2-1-5-11(12)16/h1-2,5-6H,3-4,7-10,15H2. The second-order valence-corrected chi connectivity index (χ2v) is 6.27. The van der Waals surface area contributed by atoms with Gasteiger partial charge in [0, 0.05) is 17.2 Å². The molecular formula is C14H18N2OS. The molecule has 1 aromatic rings. The fourth-order valence-corrected chi connectivity index (χ4v) is 3.86. The normalized spacial score (nSPS) is 21.7. The van der Waals surface area contributed by atoms with E-state index in [0.717, 1.165) is 43.7 Å². The van der Waals surface area contributed by atoms with Crippen molar-refractivity contribution in [3.8, 4) is 0 Å². The summed E-state index contributed by atoms with van der Waals surface area (Å²) in [5, 5.41) is 0. The van der Waals surface area contributed by atoms with Crippen LogP contribution in [0.3, 0.4) is 0 Å². The van der Waals surface area contributed by atoms with Gasteiger partial charge in [0.15, 0.2) is 0 Å². The highest BCUT2D eigenvalue weighted by Crippen LogP contribution is 2.37. The van der Waals surface area contributed by atoms with Gasteiger partial charge in [-0.1, -0.05) is 25.0 Å². The van der Waals surface area contributed by atoms with Crippen molar-refractivity contribution in [1.29, 1.82) is 0 Å². The Morgan fingerprint density at radius 3 is 2.78 bits per heavy atom. The van der Waals surface area contributed by atoms with Crippen LogP contribution < -0.4 is 10.6 Å². The van der Waals surface area contributed by atoms with E-state index in [0.29, 0.717) is 0 Å². The summed E-state index contributed by atoms with van der Waals surface area (Å²) in [7, 11) is 0. The fraction of sp³-hybridized carbons (Fsp3) is 0.500. The second-order valence-electron chi connectivity index (χ2n) is 5.14. The first-order chi connectivity index (χ1) is 8.71. The van der Waals surface area contributed by atoms with Gasteiger partial charge in [0.25, 0.3) is 0 Å². The lowest BCUT2D eigenvalue weighted by Crippen LogP contribution is -2.55. The average Bonchev–Trinajstić information content (AvgIpc) is 2.85. The molecule has 1 aromatic carbocycles. The van der Waals surface area contributed by atoms with Crippen molar-refractivity contribution >= 4 is 23.4 Å². The molecule has 1 saturated carbocycles. The highest BCUT2D eigenvalue weighted by Gasteiger charge is 2.41. The van der Waals surface area contributed by atoms with E-state index in [2.05, 4.69) is 6.07 Å². The number of nitrogens with two attached hydrogens (primary N) is 1. The molecule has 2 N–H and O–H groups in total. The maximum atomic E-state index is 12.7. The Balaban J connectivity index is 1.92. The summed E-state index contributed by atoms with van der Waals surface area (Å²) >= 11 is 1.82. The van der Waals surface area contributed by atoms with Gasteiger partial charge < -0.3 is 10.6 Å². The van der Waals surface area contributed by atoms with Crippen LogP contribution in [0.15, 0.2) is 29.2 Å². The van der Waals surface area contributed by atoms with E-state index in [1.54, 1.807) is 0 Å². The van der Waals surface area contributed by atoms with Crippen LogP contribution >= 0.6 is 11.8 Å². The maximum absolute atomic E-state index is 12.7. The Bertz CT molecular complexity index is 469. The third kappa shape index (κ3) is 1.93. The largest absolute Gasteiger partial charge is 0.317 e. The molecule has 0 saturated heterocycles. The SMILES string of the molecule is NC1(C(=O)N2CCSc3ccccc32)CCCC1. The van der Waals surface area contributed by atoms with Gasteiger partial charge in [-0.15, -0.1) is 11.8 Å². The third-order valence-corrected chi connectivity index (χ3v) is 4.94. The molecule has 4 heteroatoms. The van der Waals surface area contributed by atoms with E-state index < -0.39 is 5.54 Å². The average molecular weight is 262 g/mol. The van der Waals surface area contributed by atoms with E-state index in [1.165, 1.54) is 4.90 Å². The minimum atomic E-state index is -0.616. The molecule has 0 spiro atoms. The first-order valence-corrected chi connectivity index (χ1v) is 7.52. The zero-order valence-corrected chi connectivity index (χ0v) is 11.2. The Morgan fingerprint density at radius 2 is 2.00 bits per heavy atom. The smallest absolute Gasteiger partial charge is 0.247 e. The van der Waals surface area contributed by atoms with Gasteiger partial charge in [-0.3, -0.25) is 4.79 Å². The number of carbonyl (C=O) groups is 1. The van der Waals surface area contributed by atoms with Crippen molar-refractivity contribution in [2.45, 2.75) is 36.1 Å². The number of rotatable bonds is 1. The molecule has 2 aliphatic rings. The van der Waals surface area contributed by atoms with Gasteiger partial charge in [-0.2, -0.15) is 0 Å². The van der Waals surface area contributed by atoms with Gasteiger partial charge in [-0.05, 0) is 25.0 Å². The quantitative estimate of drug-likeness (QED) is 0.845. The predicted octanol–water partition coefficient (Wildman–Crippen LogP) is 2.40. The van der Waals surface area contributed by atoms with Crippen molar-refractivity contribution in [2.75, 3.05) is 17.2 Å². The number of anilines is 1. The Hall–Kier alpha value is -1.00. The number of para-hydroxylation sites is 1. The molecule has 3 nitrogen and oxygen atoms in total. The lowest BCUT2D eigenvalue weighted by atomic mass is 9.96. The number of hydrogen-bond acceptors (Lipinski definition) is 3. The van der Waals surface area contributed by atoms with E-state index in [-0.39, 0.29) is 5.91 Å². The van der Waals surface area contributed by atoms with Gasteiger partial charge >= 0.3 is 0 Å². The molecule has 0 unspecified atom stereocenters. The lowest BCUT2D eigenvalue weighted by Gasteiger charge is -2.35. The minimum absolute atomic E-state index is 0.118. The fourth-order valence-electron chi connectivity index (χ4n) is 2.87. The highest BCUT2D eigenvalue weighted by atomic mass is 32.2. The molecule has 1 aliphatic heterocycles. The number of thioether (sulfide) groups is 1. The first-order valence-electron chi connectivity index (χ1n) is 6.53. The number of carbonyl (C=O) groups excluding carboxylic acids is 1. The van der Waals surface area contributed by atoms with Crippen molar-refractivity contribution < 1.29 is 4.79 Å². The molecule has 3 rings (SSSR count). The third-order valence-electron chi connectivity index (χ3n) is 3.90. The summed E-state index contributed by atoms with van der Waals surface area (Å²) in [6.07, 6.45) is 3.81. The van der Waals surface area contributed by atoms with E-state index in [4.69, 9.17) is 5.73 Å². The molecule has 96 valence electrons. The molecule has 18 heavy (non-hydrogen) atoms. The second kappa shape index (κ2) is 4.59. The number of amides is 1. The summed E-state index contributed by atoms with van der Waals surface area (Å²) in [5.41, 5.74) is 6.71. The summed E-state index contributed by atoms with van der Waals surface area (Å²) < 4.78 is 0. The summed E-state index contributed by atoms with van der Waals surface area (Å²) in [6, 6.07) is 8.12. The number of benzene rings is 1. The van der Waals surface area contributed by atoms with Gasteiger partial charge in [-0.25, -0.2) is 0 Å². The highest BCUT2D eigenvalue weighted by molar-refractivity contribution is 7.99. The number of nitrogens with zero attached hydrogens (tertiary/aromatic N) is 1. The molecular weight excluding hydrogens is 244 g/mol. The van der Waals surface area contributed by atoms with Crippen molar-refractivity contribution in [3.05, 3.63) is 24.3 Å². The van der Waals surface area contributed by atoms with Crippen LogP contribution in [0.25, 0.3) is 0 Å². The lowest BCUT2D eigenvalue weighted by molar-refractivity contribution is -0.123. The van der Waals surface area contributed by atoms with Crippen molar-refractivity contribution in [1.82, 2.24) is 0 Å². The van der Waals surface area contributed by atoms with E-state index >= 15 is 0 Å². The Labute approximate surface area is 112 Å². The zero-order chi connectivity index (χ0) is 12.6. The van der Waals surface area contributed by atoms with Crippen molar-refractivity contribution in [3.63, 3.8) is 0 Å². The van der Waals surface area contributed by atoms with Crippen LogP contribution in [0.5, 0.6) is 0 Å². The van der Waals surface area contributed by atoms with Gasteiger partial charge in [0.2, 0.25) is 5.91 Å². The number of fused-ring (bicyclic) bond motifs is 1. The van der Waals surface area contributed by atoms with Crippen LogP contribution in [0.1, 0.15) is 25.7 Å². The molecule has 1 amide bonds. The topological polar surface area (TPSA) is 46.3 Å². The van der Waals surface area contributed by atoms with Gasteiger partial charge in [0.1, 0.15) is 0 Å². The monoisotopic (exact) mass is 262 g/mol.